The Morgan fingerprint density at radius 1 is 0.976 bits per heavy atom. The van der Waals surface area contributed by atoms with Gasteiger partial charge in [-0.15, -0.1) is 0 Å². The fraction of sp³-hybridized carbons (Fsp3) is 0.312. The summed E-state index contributed by atoms with van der Waals surface area (Å²) in [6.07, 6.45) is -4.59. The summed E-state index contributed by atoms with van der Waals surface area (Å²) in [7, 11) is 0. The number of carboxylic acid groups (broad SMARTS) is 1. The monoisotopic (exact) mass is 577 g/mol. The quantitative estimate of drug-likeness (QED) is 0.322. The minimum atomic E-state index is -4.44. The Hall–Kier alpha value is -4.47. The van der Waals surface area contributed by atoms with E-state index in [1.807, 2.05) is 30.3 Å². The zero-order chi connectivity index (χ0) is 29.9. The second-order valence-corrected chi connectivity index (χ2v) is 10.7. The van der Waals surface area contributed by atoms with Gasteiger partial charge in [0, 0.05) is 24.9 Å². The summed E-state index contributed by atoms with van der Waals surface area (Å²) in [5.74, 6) is -3.34. The molecule has 3 aromatic rings. The average Bonchev–Trinajstić information content (AvgIpc) is 3.41. The molecule has 0 saturated carbocycles. The number of alkyl halides is 3. The van der Waals surface area contributed by atoms with Crippen LogP contribution >= 0.6 is 0 Å². The molecule has 2 N–H and O–H groups in total. The van der Waals surface area contributed by atoms with Crippen molar-refractivity contribution in [1.82, 2.24) is 5.01 Å². The molecule has 0 bridgehead atoms. The smallest absolute Gasteiger partial charge is 0.389 e. The molecule has 0 radical (unpaired) electrons. The van der Waals surface area contributed by atoms with Crippen molar-refractivity contribution >= 4 is 29.2 Å². The average molecular weight is 578 g/mol. The molecule has 0 saturated heterocycles. The first-order chi connectivity index (χ1) is 20.1. The number of carbonyl (C=O) groups excluding carboxylic acids is 2. The highest BCUT2D eigenvalue weighted by atomic mass is 19.4. The van der Waals surface area contributed by atoms with E-state index in [2.05, 4.69) is 10.4 Å². The highest BCUT2D eigenvalue weighted by Gasteiger charge is 2.33. The lowest BCUT2D eigenvalue weighted by Crippen LogP contribution is -2.31. The van der Waals surface area contributed by atoms with Crippen molar-refractivity contribution in [3.05, 3.63) is 101 Å². The van der Waals surface area contributed by atoms with Gasteiger partial charge in [0.25, 0.3) is 0 Å². The lowest BCUT2D eigenvalue weighted by atomic mass is 9.92. The number of nitrogens with one attached hydrogen (secondary N) is 1. The second kappa shape index (κ2) is 12.2. The molecular weight excluding hydrogens is 547 g/mol. The van der Waals surface area contributed by atoms with Crippen LogP contribution in [0.5, 0.6) is 0 Å². The van der Waals surface area contributed by atoms with Gasteiger partial charge in [-0.25, -0.2) is 5.01 Å². The van der Waals surface area contributed by atoms with Crippen molar-refractivity contribution in [1.29, 1.82) is 0 Å². The van der Waals surface area contributed by atoms with Crippen molar-refractivity contribution in [2.24, 2.45) is 11.0 Å². The van der Waals surface area contributed by atoms with E-state index in [0.29, 0.717) is 36.1 Å². The number of hydrogen-bond donors (Lipinski definition) is 2. The van der Waals surface area contributed by atoms with E-state index < -0.39 is 42.7 Å². The van der Waals surface area contributed by atoms with Gasteiger partial charge in [-0.05, 0) is 53.1 Å². The van der Waals surface area contributed by atoms with Gasteiger partial charge < -0.3 is 10.4 Å². The van der Waals surface area contributed by atoms with Gasteiger partial charge in [0.15, 0.2) is 0 Å². The number of aliphatic carboxylic acids is 1. The van der Waals surface area contributed by atoms with Crippen LogP contribution < -0.4 is 5.32 Å². The first-order valence-corrected chi connectivity index (χ1v) is 13.8. The summed E-state index contributed by atoms with van der Waals surface area (Å²) in [6.45, 7) is 0.190. The molecular formula is C32H30F3N3O4. The van der Waals surface area contributed by atoms with E-state index >= 15 is 0 Å². The molecule has 2 unspecified atom stereocenters. The molecule has 0 fully saturated rings. The molecule has 3 aromatic carbocycles. The van der Waals surface area contributed by atoms with Crippen LogP contribution in [0.25, 0.3) is 0 Å². The Morgan fingerprint density at radius 2 is 1.71 bits per heavy atom. The van der Waals surface area contributed by atoms with Crippen LogP contribution in [0.4, 0.5) is 18.9 Å². The number of hydrazone groups is 1. The van der Waals surface area contributed by atoms with Gasteiger partial charge in [-0.3, -0.25) is 14.4 Å². The largest absolute Gasteiger partial charge is 0.481 e. The highest BCUT2D eigenvalue weighted by Crippen LogP contribution is 2.35. The van der Waals surface area contributed by atoms with Crippen LogP contribution in [0, 0.1) is 5.92 Å². The number of halogens is 3. The predicted molar refractivity (Wildman–Crippen MR) is 151 cm³/mol. The lowest BCUT2D eigenvalue weighted by Gasteiger charge is -2.24. The predicted octanol–water partition coefficient (Wildman–Crippen LogP) is 6.08. The minimum Gasteiger partial charge on any atom is -0.481 e. The third-order valence-corrected chi connectivity index (χ3v) is 7.76. The Balaban J connectivity index is 1.33. The van der Waals surface area contributed by atoms with E-state index in [1.165, 1.54) is 5.01 Å². The molecule has 2 atom stereocenters. The summed E-state index contributed by atoms with van der Waals surface area (Å²) in [6, 6.07) is 21.3. The molecule has 2 aliphatic rings. The zero-order valence-electron chi connectivity index (χ0n) is 22.7. The molecule has 2 amide bonds. The van der Waals surface area contributed by atoms with Crippen LogP contribution in [0.15, 0.2) is 77.9 Å². The number of hydrogen-bond acceptors (Lipinski definition) is 4. The maximum absolute atomic E-state index is 13.4. The number of fused-ring (bicyclic) bond motifs is 1. The molecule has 7 nitrogen and oxygen atoms in total. The van der Waals surface area contributed by atoms with Crippen molar-refractivity contribution in [2.75, 3.05) is 5.32 Å². The Morgan fingerprint density at radius 3 is 2.40 bits per heavy atom. The Labute approximate surface area is 241 Å². The van der Waals surface area contributed by atoms with Gasteiger partial charge >= 0.3 is 12.1 Å². The number of benzene rings is 3. The Kier molecular flexibility index (Phi) is 8.42. The molecule has 5 rings (SSSR count). The molecule has 1 heterocycles. The van der Waals surface area contributed by atoms with Crippen molar-refractivity contribution in [3.8, 4) is 0 Å². The maximum atomic E-state index is 13.4. The molecule has 0 spiro atoms. The lowest BCUT2D eigenvalue weighted by molar-refractivity contribution is -0.141. The molecule has 0 aromatic heterocycles. The number of carboxylic acids is 1. The summed E-state index contributed by atoms with van der Waals surface area (Å²) < 4.78 is 39.6. The van der Waals surface area contributed by atoms with E-state index in [1.54, 1.807) is 42.5 Å². The summed E-state index contributed by atoms with van der Waals surface area (Å²) in [5, 5.41) is 18.1. The number of nitrogens with zero attached hydrogens (tertiary/aromatic N) is 2. The molecule has 1 aliphatic carbocycles. The molecule has 10 heteroatoms. The normalized spacial score (nSPS) is 17.4. The van der Waals surface area contributed by atoms with Crippen LogP contribution in [-0.4, -0.2) is 39.8 Å². The zero-order valence-corrected chi connectivity index (χ0v) is 22.7. The minimum absolute atomic E-state index is 0.123. The third-order valence-electron chi connectivity index (χ3n) is 7.76. The summed E-state index contributed by atoms with van der Waals surface area (Å²) >= 11 is 0. The summed E-state index contributed by atoms with van der Waals surface area (Å²) in [4.78, 5) is 37.5. The summed E-state index contributed by atoms with van der Waals surface area (Å²) in [5.41, 5.74) is 4.80. The standard InChI is InChI=1S/C32H30F3N3O4/c33-32(34,35)16-15-25(30(40)36-28-8-4-7-23-17-24(31(41)42)18-26(23)28)21-11-9-20(10-12-21)19-38-29(39)14-13-27(37-38)22-5-2-1-3-6-22/h1-12,24-25H,13-19H2,(H,36,40)(H,41,42). The number of carbonyl (C=O) groups is 3. The van der Waals surface area contributed by atoms with Gasteiger partial charge in [0.2, 0.25) is 11.8 Å². The number of rotatable bonds is 9. The van der Waals surface area contributed by atoms with Gasteiger partial charge in [-0.1, -0.05) is 66.7 Å². The van der Waals surface area contributed by atoms with Crippen LogP contribution in [0.2, 0.25) is 0 Å². The second-order valence-electron chi connectivity index (χ2n) is 10.7. The van der Waals surface area contributed by atoms with E-state index in [0.717, 1.165) is 22.4 Å². The first kappa shape index (κ1) is 29.0. The maximum Gasteiger partial charge on any atom is 0.389 e. The van der Waals surface area contributed by atoms with Crippen LogP contribution in [0.3, 0.4) is 0 Å². The van der Waals surface area contributed by atoms with Crippen molar-refractivity contribution in [3.63, 3.8) is 0 Å². The van der Waals surface area contributed by atoms with Gasteiger partial charge in [0.1, 0.15) is 0 Å². The first-order valence-electron chi connectivity index (χ1n) is 13.8. The topological polar surface area (TPSA) is 99.1 Å². The fourth-order valence-electron chi connectivity index (χ4n) is 5.51. The molecule has 1 aliphatic heterocycles. The van der Waals surface area contributed by atoms with Crippen molar-refractivity contribution in [2.45, 2.75) is 57.2 Å². The highest BCUT2D eigenvalue weighted by molar-refractivity contribution is 6.04. The van der Waals surface area contributed by atoms with Crippen LogP contribution in [-0.2, 0) is 33.8 Å². The van der Waals surface area contributed by atoms with E-state index in [9.17, 15) is 32.7 Å². The Bertz CT molecular complexity index is 1500. The molecule has 42 heavy (non-hydrogen) atoms. The number of anilines is 1. The SMILES string of the molecule is O=C(O)C1Cc2cccc(NC(=O)C(CCC(F)(F)F)c3ccc(CN4N=C(c5ccccc5)CCC4=O)cc3)c2C1. The van der Waals surface area contributed by atoms with Gasteiger partial charge in [-0.2, -0.15) is 18.3 Å². The fourth-order valence-corrected chi connectivity index (χ4v) is 5.51. The molecule has 218 valence electrons. The third kappa shape index (κ3) is 6.87. The van der Waals surface area contributed by atoms with Crippen molar-refractivity contribution < 1.29 is 32.7 Å². The van der Waals surface area contributed by atoms with E-state index in [4.69, 9.17) is 0 Å². The van der Waals surface area contributed by atoms with E-state index in [-0.39, 0.29) is 18.9 Å². The van der Waals surface area contributed by atoms with Crippen LogP contribution in [0.1, 0.15) is 59.4 Å². The number of amides is 2. The van der Waals surface area contributed by atoms with Gasteiger partial charge in [0.05, 0.1) is 24.1 Å².